The molecule has 0 N–H and O–H groups in total. The van der Waals surface area contributed by atoms with Gasteiger partial charge in [0.1, 0.15) is 5.69 Å². The topological polar surface area (TPSA) is 75.8 Å². The number of nitrogens with zero attached hydrogens (tertiary/aromatic N) is 3. The Morgan fingerprint density at radius 3 is 2.24 bits per heavy atom. The van der Waals surface area contributed by atoms with Crippen molar-refractivity contribution in [2.45, 2.75) is 13.8 Å². The predicted molar refractivity (Wildman–Crippen MR) is 93.5 cm³/mol. The first-order valence-electron chi connectivity index (χ1n) is 7.77. The van der Waals surface area contributed by atoms with Crippen molar-refractivity contribution in [1.82, 2.24) is 4.90 Å². The quantitative estimate of drug-likeness (QED) is 0.372. The van der Waals surface area contributed by atoms with Crippen LogP contribution in [0.3, 0.4) is 0 Å². The second-order valence-electron chi connectivity index (χ2n) is 5.99. The highest BCUT2D eigenvalue weighted by Gasteiger charge is 2.32. The van der Waals surface area contributed by atoms with Crippen molar-refractivity contribution >= 4 is 28.8 Å². The molecule has 0 bridgehead atoms. The summed E-state index contributed by atoms with van der Waals surface area (Å²) < 4.78 is 0. The highest BCUT2D eigenvalue weighted by atomic mass is 16.5. The molecule has 6 heteroatoms. The Balaban J connectivity index is 2.08. The minimum absolute atomic E-state index is 0.200. The largest absolute Gasteiger partial charge is 0.594 e. The average molecular weight is 335 g/mol. The number of likely N-dealkylation sites (N-methyl/N-ethyl adjacent to an activating group) is 1. The summed E-state index contributed by atoms with van der Waals surface area (Å²) in [5.74, 6) is -0.832. The zero-order chi connectivity index (χ0) is 18.1. The molecule has 0 aliphatic carbocycles. The summed E-state index contributed by atoms with van der Waals surface area (Å²) in [5.41, 5.74) is 3.26. The lowest BCUT2D eigenvalue weighted by molar-refractivity contribution is -0.435. The second-order valence-corrected chi connectivity index (χ2v) is 5.99. The van der Waals surface area contributed by atoms with E-state index < -0.39 is 11.8 Å². The van der Waals surface area contributed by atoms with Crippen LogP contribution in [0, 0.1) is 19.1 Å². The fraction of sp³-hybridized carbons (Fsp3) is 0.158. The van der Waals surface area contributed by atoms with Gasteiger partial charge in [0, 0.05) is 24.3 Å². The van der Waals surface area contributed by atoms with Crippen LogP contribution in [0.25, 0.3) is 5.57 Å². The fourth-order valence-corrected chi connectivity index (χ4v) is 2.56. The van der Waals surface area contributed by atoms with E-state index in [2.05, 4.69) is 5.11 Å². The Morgan fingerprint density at radius 2 is 1.64 bits per heavy atom. The Kier molecular flexibility index (Phi) is 4.19. The average Bonchev–Trinajstić information content (AvgIpc) is 2.84. The molecule has 0 aromatic heterocycles. The van der Waals surface area contributed by atoms with Gasteiger partial charge in [-0.05, 0) is 36.9 Å². The first kappa shape index (κ1) is 16.6. The van der Waals surface area contributed by atoms with E-state index >= 15 is 0 Å². The summed E-state index contributed by atoms with van der Waals surface area (Å²) in [6, 6.07) is 12.3. The van der Waals surface area contributed by atoms with Gasteiger partial charge in [-0.15, -0.1) is 0 Å². The summed E-state index contributed by atoms with van der Waals surface area (Å²) in [7, 11) is 1.41. The molecule has 2 amide bonds. The van der Waals surface area contributed by atoms with Gasteiger partial charge in [-0.1, -0.05) is 29.3 Å². The number of imide groups is 1. The van der Waals surface area contributed by atoms with E-state index in [1.165, 1.54) is 13.1 Å². The smallest absolute Gasteiger partial charge is 0.261 e. The van der Waals surface area contributed by atoms with Gasteiger partial charge in [0.05, 0.1) is 11.1 Å². The number of hydrogen-bond donors (Lipinski definition) is 0. The molecule has 1 aliphatic rings. The van der Waals surface area contributed by atoms with E-state index in [0.29, 0.717) is 16.1 Å². The van der Waals surface area contributed by atoms with Crippen LogP contribution in [-0.2, 0) is 9.59 Å². The molecular formula is C19H17N3O3. The zero-order valence-corrected chi connectivity index (χ0v) is 14.2. The van der Waals surface area contributed by atoms with Crippen molar-refractivity contribution in [3.63, 3.8) is 0 Å². The molecular weight excluding hydrogens is 318 g/mol. The third-order valence-corrected chi connectivity index (χ3v) is 4.02. The molecule has 0 fully saturated rings. The van der Waals surface area contributed by atoms with E-state index in [1.54, 1.807) is 30.3 Å². The van der Waals surface area contributed by atoms with E-state index in [-0.39, 0.29) is 11.3 Å². The lowest BCUT2D eigenvalue weighted by Crippen LogP contribution is -2.25. The van der Waals surface area contributed by atoms with Crippen LogP contribution in [-0.4, -0.2) is 28.6 Å². The first-order valence-corrected chi connectivity index (χ1v) is 7.77. The van der Waals surface area contributed by atoms with Crippen molar-refractivity contribution in [2.75, 3.05) is 7.05 Å². The molecule has 0 radical (unpaired) electrons. The summed E-state index contributed by atoms with van der Waals surface area (Å²) in [5, 5.41) is 16.6. The molecule has 3 rings (SSSR count). The third-order valence-electron chi connectivity index (χ3n) is 4.02. The number of carbonyl (C=O) groups excluding carboxylic acids is 2. The highest BCUT2D eigenvalue weighted by molar-refractivity contribution is 6.33. The molecule has 0 atom stereocenters. The van der Waals surface area contributed by atoms with Crippen molar-refractivity contribution in [3.05, 3.63) is 70.4 Å². The molecule has 0 unspecified atom stereocenters. The molecule has 2 aromatic rings. The van der Waals surface area contributed by atoms with Crippen LogP contribution in [0.15, 0.2) is 53.7 Å². The van der Waals surface area contributed by atoms with Crippen molar-refractivity contribution in [3.8, 4) is 0 Å². The van der Waals surface area contributed by atoms with E-state index in [1.807, 2.05) is 26.0 Å². The SMILES string of the molecule is Cc1ccc(N=[N+]([O-])c2ccc(C)cc2C2=CC(=O)N(C)C2=O)cc1. The Bertz CT molecular complexity index is 927. The van der Waals surface area contributed by atoms with Gasteiger partial charge >= 0.3 is 0 Å². The normalized spacial score (nSPS) is 14.9. The van der Waals surface area contributed by atoms with E-state index in [0.717, 1.165) is 16.0 Å². The number of amides is 2. The van der Waals surface area contributed by atoms with Crippen molar-refractivity contribution in [1.29, 1.82) is 0 Å². The summed E-state index contributed by atoms with van der Waals surface area (Å²) in [6.45, 7) is 3.80. The highest BCUT2D eigenvalue weighted by Crippen LogP contribution is 2.32. The Hall–Kier alpha value is -3.28. The van der Waals surface area contributed by atoms with Gasteiger partial charge in [-0.2, -0.15) is 0 Å². The van der Waals surface area contributed by atoms with Gasteiger partial charge in [-0.3, -0.25) is 14.5 Å². The standard InChI is InChI=1S/C19H17N3O3/c1-12-4-7-14(8-5-12)20-22(25)17-9-6-13(2)10-15(17)16-11-18(23)21(3)19(16)24/h4-11H,1-3H3. The number of carbonyl (C=O) groups is 2. The maximum absolute atomic E-state index is 12.6. The summed E-state index contributed by atoms with van der Waals surface area (Å²) >= 11 is 0. The van der Waals surface area contributed by atoms with Crippen LogP contribution >= 0.6 is 0 Å². The number of aryl methyl sites for hydroxylation is 2. The number of rotatable bonds is 3. The maximum Gasteiger partial charge on any atom is 0.261 e. The zero-order valence-electron chi connectivity index (χ0n) is 14.2. The van der Waals surface area contributed by atoms with Crippen LogP contribution in [0.2, 0.25) is 0 Å². The fourth-order valence-electron chi connectivity index (χ4n) is 2.56. The molecule has 2 aromatic carbocycles. The van der Waals surface area contributed by atoms with E-state index in [4.69, 9.17) is 0 Å². The monoisotopic (exact) mass is 335 g/mol. The lowest BCUT2D eigenvalue weighted by atomic mass is 10.0. The predicted octanol–water partition coefficient (Wildman–Crippen LogP) is 3.61. The lowest BCUT2D eigenvalue weighted by Gasteiger charge is -2.10. The first-order chi connectivity index (χ1) is 11.9. The van der Waals surface area contributed by atoms with Crippen molar-refractivity contribution in [2.24, 2.45) is 5.11 Å². The molecule has 25 heavy (non-hydrogen) atoms. The van der Waals surface area contributed by atoms with Crippen LogP contribution in [0.5, 0.6) is 0 Å². The van der Waals surface area contributed by atoms with Gasteiger partial charge in [0.15, 0.2) is 0 Å². The Labute approximate surface area is 145 Å². The van der Waals surface area contributed by atoms with Crippen LogP contribution < -0.4 is 0 Å². The molecule has 126 valence electrons. The molecule has 0 spiro atoms. The van der Waals surface area contributed by atoms with Gasteiger partial charge in [0.25, 0.3) is 17.5 Å². The minimum atomic E-state index is -0.430. The molecule has 6 nitrogen and oxygen atoms in total. The van der Waals surface area contributed by atoms with Gasteiger partial charge in [0.2, 0.25) is 0 Å². The Morgan fingerprint density at radius 1 is 1.00 bits per heavy atom. The minimum Gasteiger partial charge on any atom is -0.594 e. The van der Waals surface area contributed by atoms with Crippen LogP contribution in [0.4, 0.5) is 11.4 Å². The van der Waals surface area contributed by atoms with Gasteiger partial charge < -0.3 is 5.21 Å². The van der Waals surface area contributed by atoms with Crippen LogP contribution in [0.1, 0.15) is 16.7 Å². The number of hydrogen-bond acceptors (Lipinski definition) is 4. The summed E-state index contributed by atoms with van der Waals surface area (Å²) in [4.78, 5) is 25.6. The van der Waals surface area contributed by atoms with Crippen molar-refractivity contribution < 1.29 is 14.4 Å². The molecule has 0 saturated heterocycles. The number of azo groups is 1. The third kappa shape index (κ3) is 3.19. The van der Waals surface area contributed by atoms with E-state index in [9.17, 15) is 14.8 Å². The molecule has 0 saturated carbocycles. The van der Waals surface area contributed by atoms with Gasteiger partial charge in [-0.25, -0.2) is 0 Å². The molecule has 1 aliphatic heterocycles. The second kappa shape index (κ2) is 6.32. The summed E-state index contributed by atoms with van der Waals surface area (Å²) in [6.07, 6.45) is 1.25. The maximum atomic E-state index is 12.6. The molecule has 1 heterocycles. The number of benzene rings is 2.